The number of amides is 4. The summed E-state index contributed by atoms with van der Waals surface area (Å²) in [6.45, 7) is 5.41. The highest BCUT2D eigenvalue weighted by molar-refractivity contribution is 5.74. The van der Waals surface area contributed by atoms with Crippen molar-refractivity contribution in [2.24, 2.45) is 11.8 Å². The number of piperidine rings is 2. The van der Waals surface area contributed by atoms with Gasteiger partial charge < -0.3 is 29.6 Å². The molecule has 0 aliphatic carbocycles. The minimum absolute atomic E-state index is 0.00695. The molecule has 214 valence electrons. The number of hydrogen-bond donors (Lipinski definition) is 2. The molecule has 2 aromatic heterocycles. The molecule has 0 aromatic carbocycles. The van der Waals surface area contributed by atoms with Crippen molar-refractivity contribution in [3.63, 3.8) is 0 Å². The lowest BCUT2D eigenvalue weighted by Gasteiger charge is -2.42. The van der Waals surface area contributed by atoms with E-state index in [1.54, 1.807) is 12.1 Å². The van der Waals surface area contributed by atoms with Crippen molar-refractivity contribution in [3.8, 4) is 0 Å². The van der Waals surface area contributed by atoms with E-state index in [1.165, 1.54) is 0 Å². The molecular weight excluding hydrogens is 508 g/mol. The van der Waals surface area contributed by atoms with E-state index in [-0.39, 0.29) is 35.0 Å². The molecule has 6 heterocycles. The lowest BCUT2D eigenvalue weighted by molar-refractivity contribution is 0.130. The van der Waals surface area contributed by atoms with E-state index >= 15 is 0 Å². The van der Waals surface area contributed by atoms with Gasteiger partial charge in [0.25, 0.3) is 11.1 Å². The van der Waals surface area contributed by atoms with E-state index < -0.39 is 0 Å². The predicted octanol–water partition coefficient (Wildman–Crippen LogP) is 2.53. The molecule has 10 heteroatoms. The Morgan fingerprint density at radius 1 is 0.625 bits per heavy atom. The van der Waals surface area contributed by atoms with E-state index in [4.69, 9.17) is 0 Å². The fraction of sp³-hybridized carbons (Fsp3) is 0.600. The number of carbonyl (C=O) groups is 2. The third-order valence-electron chi connectivity index (χ3n) is 9.19. The highest BCUT2D eigenvalue weighted by Crippen LogP contribution is 2.36. The maximum atomic E-state index is 12.8. The second kappa shape index (κ2) is 11.5. The summed E-state index contributed by atoms with van der Waals surface area (Å²) in [5.41, 5.74) is 2.23. The maximum absolute atomic E-state index is 12.8. The molecule has 40 heavy (non-hydrogen) atoms. The zero-order chi connectivity index (χ0) is 27.6. The first kappa shape index (κ1) is 26.7. The normalized spacial score (nSPS) is 24.6. The number of nitrogens with zero attached hydrogens (tertiary/aromatic N) is 4. The summed E-state index contributed by atoms with van der Waals surface area (Å²) in [6.07, 6.45) is 5.89. The molecule has 6 rings (SSSR count). The average Bonchev–Trinajstić information content (AvgIpc) is 2.95. The van der Waals surface area contributed by atoms with Gasteiger partial charge in [-0.2, -0.15) is 0 Å². The number of urea groups is 2. The van der Waals surface area contributed by atoms with E-state index in [0.717, 1.165) is 49.9 Å². The number of hydrogen-bond acceptors (Lipinski definition) is 4. The van der Waals surface area contributed by atoms with E-state index in [1.807, 2.05) is 43.2 Å². The topological polar surface area (TPSA) is 109 Å². The van der Waals surface area contributed by atoms with E-state index in [2.05, 4.69) is 10.6 Å². The standard InChI is InChI=1S/C30H40N6O4/c37-27-9-5-7-25-23-13-21(17-35(25)27)15-33(19-23)29(39)31-11-3-1-2-4-12-32-30(40)34-16-22-14-24(20-34)26-8-6-10-28(38)36(26)18-22/h5-10,21-24H,1-4,11-20H2,(H,31,39)(H,32,40)/t21-,22-,23-,24-/m0/s1. The molecule has 0 spiro atoms. The molecule has 0 radical (unpaired) electrons. The molecule has 4 amide bonds. The molecule has 2 N–H and O–H groups in total. The third-order valence-corrected chi connectivity index (χ3v) is 9.19. The zero-order valence-electron chi connectivity index (χ0n) is 23.1. The molecular formula is C30H40N6O4. The first-order valence-electron chi connectivity index (χ1n) is 14.9. The SMILES string of the molecule is O=C(NCCCCCCNC(=O)N1C[C@@H]2C[C@@H](C1)c1cccc(=O)n1C2)N1C[C@@H]2C[C@@H](C1)c1cccc(=O)n1C2. The van der Waals surface area contributed by atoms with Crippen LogP contribution in [0, 0.1) is 11.8 Å². The van der Waals surface area contributed by atoms with Crippen molar-refractivity contribution in [2.75, 3.05) is 39.3 Å². The number of fused-ring (bicyclic) bond motifs is 8. The first-order valence-corrected chi connectivity index (χ1v) is 14.9. The third kappa shape index (κ3) is 5.53. The monoisotopic (exact) mass is 548 g/mol. The Morgan fingerprint density at radius 2 is 1.07 bits per heavy atom. The average molecular weight is 549 g/mol. The molecule has 4 aliphatic heterocycles. The molecule has 10 nitrogen and oxygen atoms in total. The Morgan fingerprint density at radius 3 is 1.52 bits per heavy atom. The van der Waals surface area contributed by atoms with Gasteiger partial charge in [0.05, 0.1) is 0 Å². The van der Waals surface area contributed by atoms with Crippen LogP contribution < -0.4 is 21.8 Å². The summed E-state index contributed by atoms with van der Waals surface area (Å²) in [5.74, 6) is 1.12. The molecule has 2 aromatic rings. The van der Waals surface area contributed by atoms with Crippen molar-refractivity contribution in [1.29, 1.82) is 0 Å². The molecule has 4 bridgehead atoms. The molecule has 0 unspecified atom stereocenters. The second-order valence-corrected chi connectivity index (χ2v) is 12.1. The summed E-state index contributed by atoms with van der Waals surface area (Å²) in [5, 5.41) is 6.16. The Labute approximate surface area is 234 Å². The summed E-state index contributed by atoms with van der Waals surface area (Å²) < 4.78 is 3.77. The van der Waals surface area contributed by atoms with Gasteiger partial charge in [-0.3, -0.25) is 9.59 Å². The predicted molar refractivity (Wildman–Crippen MR) is 152 cm³/mol. The molecule has 0 saturated carbocycles. The van der Waals surface area contributed by atoms with Crippen molar-refractivity contribution in [1.82, 2.24) is 29.6 Å². The summed E-state index contributed by atoms with van der Waals surface area (Å²) in [6, 6.07) is 10.9. The summed E-state index contributed by atoms with van der Waals surface area (Å²) in [7, 11) is 0. The minimum atomic E-state index is -0.00695. The van der Waals surface area contributed by atoms with Crippen LogP contribution in [0.1, 0.15) is 61.7 Å². The molecule has 4 atom stereocenters. The van der Waals surface area contributed by atoms with E-state index in [9.17, 15) is 19.2 Å². The zero-order valence-corrected chi connectivity index (χ0v) is 23.1. The largest absolute Gasteiger partial charge is 0.338 e. The van der Waals surface area contributed by atoms with Crippen LogP contribution in [0.2, 0.25) is 0 Å². The Balaban J connectivity index is 0.860. The van der Waals surface area contributed by atoms with Crippen molar-refractivity contribution in [2.45, 2.75) is 63.5 Å². The van der Waals surface area contributed by atoms with Gasteiger partial charge in [-0.05, 0) is 49.7 Å². The van der Waals surface area contributed by atoms with Crippen LogP contribution in [0.25, 0.3) is 0 Å². The summed E-state index contributed by atoms with van der Waals surface area (Å²) in [4.78, 5) is 53.9. The van der Waals surface area contributed by atoms with Gasteiger partial charge in [-0.1, -0.05) is 25.0 Å². The second-order valence-electron chi connectivity index (χ2n) is 12.1. The van der Waals surface area contributed by atoms with Crippen LogP contribution in [-0.4, -0.2) is 70.3 Å². The maximum Gasteiger partial charge on any atom is 0.317 e. The van der Waals surface area contributed by atoms with Crippen molar-refractivity contribution >= 4 is 12.1 Å². The minimum Gasteiger partial charge on any atom is -0.338 e. The van der Waals surface area contributed by atoms with Crippen molar-refractivity contribution in [3.05, 3.63) is 68.5 Å². The van der Waals surface area contributed by atoms with Crippen LogP contribution in [0.3, 0.4) is 0 Å². The highest BCUT2D eigenvalue weighted by atomic mass is 16.2. The Kier molecular flexibility index (Phi) is 7.67. The van der Waals surface area contributed by atoms with Gasteiger partial charge in [0.15, 0.2) is 0 Å². The van der Waals surface area contributed by atoms with Crippen LogP contribution in [0.4, 0.5) is 9.59 Å². The van der Waals surface area contributed by atoms with Gasteiger partial charge >= 0.3 is 12.1 Å². The van der Waals surface area contributed by atoms with Crippen LogP contribution in [0.15, 0.2) is 46.0 Å². The Hall–Kier alpha value is -3.56. The van der Waals surface area contributed by atoms with Gasteiger partial charge in [0, 0.05) is 87.7 Å². The highest BCUT2D eigenvalue weighted by Gasteiger charge is 2.37. The molecule has 4 aliphatic rings. The number of unbranched alkanes of at least 4 members (excludes halogenated alkanes) is 3. The van der Waals surface area contributed by atoms with Gasteiger partial charge in [-0.15, -0.1) is 0 Å². The van der Waals surface area contributed by atoms with Crippen molar-refractivity contribution < 1.29 is 9.59 Å². The van der Waals surface area contributed by atoms with Crippen LogP contribution >= 0.6 is 0 Å². The lowest BCUT2D eigenvalue weighted by atomic mass is 9.83. The number of aromatic nitrogens is 2. The number of pyridine rings is 2. The van der Waals surface area contributed by atoms with E-state index in [0.29, 0.717) is 64.2 Å². The first-order chi connectivity index (χ1) is 19.5. The fourth-order valence-corrected chi connectivity index (χ4v) is 7.34. The van der Waals surface area contributed by atoms with Gasteiger partial charge in [0.1, 0.15) is 0 Å². The smallest absolute Gasteiger partial charge is 0.317 e. The lowest BCUT2D eigenvalue weighted by Crippen LogP contribution is -2.52. The number of carbonyl (C=O) groups excluding carboxylic acids is 2. The molecule has 2 saturated heterocycles. The van der Waals surface area contributed by atoms with Crippen LogP contribution in [0.5, 0.6) is 0 Å². The number of rotatable bonds is 7. The fourth-order valence-electron chi connectivity index (χ4n) is 7.34. The van der Waals surface area contributed by atoms with Gasteiger partial charge in [0.2, 0.25) is 0 Å². The number of likely N-dealkylation sites (tertiary alicyclic amines) is 2. The van der Waals surface area contributed by atoms with Crippen LogP contribution in [-0.2, 0) is 13.1 Å². The Bertz CT molecular complexity index is 1260. The summed E-state index contributed by atoms with van der Waals surface area (Å²) >= 11 is 0. The number of nitrogens with one attached hydrogen (secondary N) is 2. The molecule has 2 fully saturated rings. The quantitative estimate of drug-likeness (QED) is 0.519. The van der Waals surface area contributed by atoms with Gasteiger partial charge in [-0.25, -0.2) is 9.59 Å².